The van der Waals surface area contributed by atoms with E-state index in [2.05, 4.69) is 26.0 Å². The lowest BCUT2D eigenvalue weighted by molar-refractivity contribution is -0.146. The fraction of sp³-hybridized carbons (Fsp3) is 0.385. The van der Waals surface area contributed by atoms with Crippen LogP contribution in [0.15, 0.2) is 29.4 Å². The Kier molecular flexibility index (Phi) is 6.20. The maximum atomic E-state index is 11.7. The average molecular weight is 356 g/mol. The molecule has 0 unspecified atom stereocenters. The highest BCUT2D eigenvalue weighted by atomic mass is 79.9. The molecular weight excluding hydrogens is 342 g/mol. The largest absolute Gasteiger partial charge is 0.461 e. The molecule has 1 aromatic rings. The maximum Gasteiger partial charge on any atom is 0.338 e. The summed E-state index contributed by atoms with van der Waals surface area (Å²) in [6, 6.07) is 5.98. The predicted octanol–water partition coefficient (Wildman–Crippen LogP) is 3.50. The van der Waals surface area contributed by atoms with Gasteiger partial charge in [0.15, 0.2) is 0 Å². The molecule has 7 nitrogen and oxygen atoms in total. The van der Waals surface area contributed by atoms with Crippen molar-refractivity contribution in [1.29, 1.82) is 0 Å². The van der Waals surface area contributed by atoms with E-state index in [9.17, 15) is 9.59 Å². The van der Waals surface area contributed by atoms with Crippen LogP contribution in [0.3, 0.4) is 0 Å². The second kappa shape index (κ2) is 7.66. The summed E-state index contributed by atoms with van der Waals surface area (Å²) >= 11 is 3.16. The quantitative estimate of drug-likeness (QED) is 0.194. The molecule has 0 aliphatic rings. The van der Waals surface area contributed by atoms with E-state index in [1.54, 1.807) is 13.8 Å². The van der Waals surface area contributed by atoms with E-state index >= 15 is 0 Å². The van der Waals surface area contributed by atoms with Gasteiger partial charge in [0, 0.05) is 10.6 Å². The van der Waals surface area contributed by atoms with E-state index in [0.29, 0.717) is 11.3 Å². The van der Waals surface area contributed by atoms with Crippen LogP contribution in [-0.4, -0.2) is 29.5 Å². The van der Waals surface area contributed by atoms with Gasteiger partial charge in [0.1, 0.15) is 17.5 Å². The van der Waals surface area contributed by atoms with Crippen molar-refractivity contribution in [1.82, 2.24) is 0 Å². The van der Waals surface area contributed by atoms with Crippen molar-refractivity contribution in [2.45, 2.75) is 18.2 Å². The molecule has 21 heavy (non-hydrogen) atoms. The maximum absolute atomic E-state index is 11.7. The van der Waals surface area contributed by atoms with Crippen LogP contribution in [0.1, 0.15) is 24.2 Å². The lowest BCUT2D eigenvalue weighted by atomic mass is 10.2. The first-order valence-electron chi connectivity index (χ1n) is 6.03. The summed E-state index contributed by atoms with van der Waals surface area (Å²) in [4.78, 5) is 25.7. The third-order valence-electron chi connectivity index (χ3n) is 2.30. The highest BCUT2D eigenvalue weighted by molar-refractivity contribution is 9.10. The van der Waals surface area contributed by atoms with E-state index < -0.39 is 16.3 Å². The number of carbonyl (C=O) groups excluding carboxylic acids is 2. The van der Waals surface area contributed by atoms with Gasteiger partial charge in [-0.25, -0.2) is 4.79 Å². The molecule has 0 amide bonds. The summed E-state index contributed by atoms with van der Waals surface area (Å²) < 4.78 is 9.11. The van der Waals surface area contributed by atoms with E-state index in [1.165, 1.54) is 24.3 Å². The fourth-order valence-corrected chi connectivity index (χ4v) is 1.35. The van der Waals surface area contributed by atoms with Crippen LogP contribution >= 0.6 is 15.9 Å². The van der Waals surface area contributed by atoms with Crippen molar-refractivity contribution in [3.05, 3.63) is 40.3 Å². The average Bonchev–Trinajstić information content (AvgIpc) is 2.43. The Hall–Kier alpha value is -2.05. The molecule has 0 aliphatic carbocycles. The zero-order valence-corrected chi connectivity index (χ0v) is 13.2. The monoisotopic (exact) mass is 355 g/mol. The summed E-state index contributed by atoms with van der Waals surface area (Å²) in [6.45, 7) is 3.27. The fourth-order valence-electron chi connectivity index (χ4n) is 1.24. The van der Waals surface area contributed by atoms with Crippen LogP contribution in [0.5, 0.6) is 0 Å². The van der Waals surface area contributed by atoms with Gasteiger partial charge in [0.2, 0.25) is 0 Å². The second-order valence-corrected chi connectivity index (χ2v) is 6.46. The van der Waals surface area contributed by atoms with E-state index in [0.717, 1.165) is 0 Å². The molecule has 0 saturated heterocycles. The molecule has 112 valence electrons. The summed E-state index contributed by atoms with van der Waals surface area (Å²) in [5, 5.41) is 3.39. The van der Waals surface area contributed by atoms with Crippen molar-refractivity contribution in [3.8, 4) is 0 Å². The third-order valence-corrected chi connectivity index (χ3v) is 2.62. The summed E-state index contributed by atoms with van der Waals surface area (Å²) in [5.74, 6) is -0.978. The highest BCUT2D eigenvalue weighted by Crippen LogP contribution is 2.17. The first-order chi connectivity index (χ1) is 9.84. The summed E-state index contributed by atoms with van der Waals surface area (Å²) in [6.07, 6.45) is 0. The van der Waals surface area contributed by atoms with Gasteiger partial charge in [-0.1, -0.05) is 33.2 Å². The normalized spacial score (nSPS) is 10.4. The summed E-state index contributed by atoms with van der Waals surface area (Å²) in [5.41, 5.74) is 8.99. The van der Waals surface area contributed by atoms with Crippen molar-refractivity contribution < 1.29 is 19.1 Å². The van der Waals surface area contributed by atoms with Crippen molar-refractivity contribution >= 4 is 33.6 Å². The molecule has 0 N–H and O–H groups in total. The Bertz CT molecular complexity index is 560. The van der Waals surface area contributed by atoms with Crippen LogP contribution in [0, 0.1) is 0 Å². The van der Waals surface area contributed by atoms with Crippen molar-refractivity contribution in [2.24, 2.45) is 5.11 Å². The molecule has 1 aromatic carbocycles. The van der Waals surface area contributed by atoms with Gasteiger partial charge in [0.25, 0.3) is 0 Å². The number of esters is 2. The van der Waals surface area contributed by atoms with Gasteiger partial charge in [-0.15, -0.1) is 0 Å². The Morgan fingerprint density at radius 1 is 1.24 bits per heavy atom. The number of carbonyl (C=O) groups is 2. The number of alkyl halides is 1. The number of halogens is 1. The second-order valence-electron chi connectivity index (χ2n) is 4.48. The minimum atomic E-state index is -0.770. The number of nitrogens with zero attached hydrogens (tertiary/aromatic N) is 3. The number of rotatable bonds is 6. The zero-order chi connectivity index (χ0) is 15.9. The Morgan fingerprint density at radius 2 is 1.81 bits per heavy atom. The zero-order valence-electron chi connectivity index (χ0n) is 11.6. The molecule has 0 heterocycles. The predicted molar refractivity (Wildman–Crippen MR) is 79.5 cm³/mol. The van der Waals surface area contributed by atoms with Crippen LogP contribution in [0.25, 0.3) is 10.4 Å². The third kappa shape index (κ3) is 5.85. The minimum absolute atomic E-state index is 0.0174. The van der Waals surface area contributed by atoms with Gasteiger partial charge in [-0.2, -0.15) is 0 Å². The van der Waals surface area contributed by atoms with Crippen LogP contribution in [-0.2, 0) is 14.3 Å². The van der Waals surface area contributed by atoms with Crippen LogP contribution in [0.2, 0.25) is 0 Å². The molecule has 0 aromatic heterocycles. The highest BCUT2D eigenvalue weighted by Gasteiger charge is 2.25. The number of azide groups is 1. The number of ether oxygens (including phenoxy) is 2. The van der Waals surface area contributed by atoms with Gasteiger partial charge >= 0.3 is 11.9 Å². The Labute approximate surface area is 130 Å². The molecule has 0 aliphatic heterocycles. The number of benzene rings is 1. The smallest absolute Gasteiger partial charge is 0.338 e. The van der Waals surface area contributed by atoms with Gasteiger partial charge in [-0.3, -0.25) is 4.79 Å². The molecule has 0 atom stereocenters. The van der Waals surface area contributed by atoms with Gasteiger partial charge < -0.3 is 9.47 Å². The minimum Gasteiger partial charge on any atom is -0.461 e. The molecule has 1 rings (SSSR count). The first kappa shape index (κ1) is 17.0. The molecular formula is C13H14BrN3O4. The molecule has 0 fully saturated rings. The Balaban J connectivity index is 2.40. The number of hydrogen-bond acceptors (Lipinski definition) is 5. The van der Waals surface area contributed by atoms with Crippen LogP contribution < -0.4 is 0 Å². The van der Waals surface area contributed by atoms with Crippen molar-refractivity contribution in [2.75, 3.05) is 13.2 Å². The first-order valence-corrected chi connectivity index (χ1v) is 6.82. The molecule has 0 radical (unpaired) electrons. The van der Waals surface area contributed by atoms with E-state index in [-0.39, 0.29) is 13.2 Å². The number of hydrogen-bond donors (Lipinski definition) is 0. The lowest BCUT2D eigenvalue weighted by Crippen LogP contribution is -2.28. The van der Waals surface area contributed by atoms with E-state index in [4.69, 9.17) is 15.0 Å². The molecule has 0 bridgehead atoms. The summed E-state index contributed by atoms with van der Waals surface area (Å²) in [7, 11) is 0. The van der Waals surface area contributed by atoms with E-state index in [1.807, 2.05) is 0 Å². The van der Waals surface area contributed by atoms with Crippen LogP contribution in [0.4, 0.5) is 5.69 Å². The lowest BCUT2D eigenvalue weighted by Gasteiger charge is -2.14. The van der Waals surface area contributed by atoms with Gasteiger partial charge in [0.05, 0.1) is 5.56 Å². The standard InChI is InChI=1S/C13H14BrN3O4/c1-13(2,14)12(19)21-8-7-20-11(18)9-3-5-10(6-4-9)16-17-15/h3-6H,7-8H2,1-2H3. The topological polar surface area (TPSA) is 101 Å². The Morgan fingerprint density at radius 3 is 2.33 bits per heavy atom. The SMILES string of the molecule is CC(C)(Br)C(=O)OCCOC(=O)c1ccc(N=[N+]=[N-])cc1. The molecule has 8 heteroatoms. The molecule has 0 spiro atoms. The van der Waals surface area contributed by atoms with Gasteiger partial charge in [-0.05, 0) is 31.5 Å². The molecule has 0 saturated carbocycles. The van der Waals surface area contributed by atoms with Crippen molar-refractivity contribution in [3.63, 3.8) is 0 Å².